The topological polar surface area (TPSA) is 35.5 Å². The summed E-state index contributed by atoms with van der Waals surface area (Å²) in [7, 11) is 1.15. The molecule has 18 heavy (non-hydrogen) atoms. The van der Waals surface area contributed by atoms with Gasteiger partial charge in [-0.05, 0) is 18.6 Å². The molecule has 0 aromatic heterocycles. The smallest absolute Gasteiger partial charge is 0.420 e. The van der Waals surface area contributed by atoms with Gasteiger partial charge < -0.3 is 9.47 Å². The van der Waals surface area contributed by atoms with E-state index in [0.717, 1.165) is 7.11 Å². The normalized spacial score (nSPS) is 11.2. The molecule has 0 bridgehead atoms. The Kier molecular flexibility index (Phi) is 4.58. The Morgan fingerprint density at radius 3 is 2.50 bits per heavy atom. The Labute approximate surface area is 103 Å². The summed E-state index contributed by atoms with van der Waals surface area (Å²) in [6.07, 6.45) is -5.01. The van der Waals surface area contributed by atoms with Gasteiger partial charge in [-0.15, -0.1) is 0 Å². The highest BCUT2D eigenvalue weighted by Gasteiger charge is 2.37. The van der Waals surface area contributed by atoms with Crippen LogP contribution in [0.2, 0.25) is 0 Å². The van der Waals surface area contributed by atoms with Crippen molar-refractivity contribution in [2.75, 3.05) is 13.7 Å². The van der Waals surface area contributed by atoms with Gasteiger partial charge in [-0.2, -0.15) is 13.2 Å². The second kappa shape index (κ2) is 5.75. The van der Waals surface area contributed by atoms with Crippen LogP contribution in [0, 0.1) is 0 Å². The van der Waals surface area contributed by atoms with E-state index in [1.165, 1.54) is 18.2 Å². The summed E-state index contributed by atoms with van der Waals surface area (Å²) in [6.45, 7) is 1.72. The van der Waals surface area contributed by atoms with Gasteiger partial charge >= 0.3 is 12.1 Å². The fourth-order valence-electron chi connectivity index (χ4n) is 1.58. The van der Waals surface area contributed by atoms with Crippen molar-refractivity contribution in [3.63, 3.8) is 0 Å². The van der Waals surface area contributed by atoms with Crippen LogP contribution in [0.15, 0.2) is 18.2 Å². The summed E-state index contributed by atoms with van der Waals surface area (Å²) < 4.78 is 48.0. The van der Waals surface area contributed by atoms with E-state index >= 15 is 0 Å². The molecule has 0 spiro atoms. The van der Waals surface area contributed by atoms with E-state index in [1.54, 1.807) is 6.92 Å². The second-order valence-corrected chi connectivity index (χ2v) is 3.47. The minimum absolute atomic E-state index is 0.129. The lowest BCUT2D eigenvalue weighted by Crippen LogP contribution is -2.15. The highest BCUT2D eigenvalue weighted by Crippen LogP contribution is 2.38. The third-order valence-electron chi connectivity index (χ3n) is 2.26. The van der Waals surface area contributed by atoms with Crippen LogP contribution in [0.3, 0.4) is 0 Å². The molecule has 1 aromatic carbocycles. The van der Waals surface area contributed by atoms with Crippen LogP contribution in [-0.2, 0) is 22.1 Å². The Hall–Kier alpha value is -1.72. The van der Waals surface area contributed by atoms with Gasteiger partial charge in [0.15, 0.2) is 0 Å². The standard InChI is InChI=1S/C12H13F3O3/c1-3-18-10(16)7-8-5-4-6-9(17-2)11(8)12(13,14)15/h4-6H,3,7H2,1-2H3. The predicted molar refractivity (Wildman–Crippen MR) is 58.3 cm³/mol. The molecule has 3 nitrogen and oxygen atoms in total. The first-order chi connectivity index (χ1) is 8.40. The quantitative estimate of drug-likeness (QED) is 0.783. The number of methoxy groups -OCH3 is 1. The van der Waals surface area contributed by atoms with Crippen LogP contribution in [-0.4, -0.2) is 19.7 Å². The predicted octanol–water partition coefficient (Wildman–Crippen LogP) is 2.82. The van der Waals surface area contributed by atoms with Crippen molar-refractivity contribution >= 4 is 5.97 Å². The van der Waals surface area contributed by atoms with Gasteiger partial charge in [-0.25, -0.2) is 0 Å². The number of carbonyl (C=O) groups is 1. The van der Waals surface area contributed by atoms with E-state index < -0.39 is 24.1 Å². The summed E-state index contributed by atoms with van der Waals surface area (Å²) in [6, 6.07) is 3.85. The second-order valence-electron chi connectivity index (χ2n) is 3.47. The number of alkyl halides is 3. The third kappa shape index (κ3) is 3.38. The molecule has 0 N–H and O–H groups in total. The SMILES string of the molecule is CCOC(=O)Cc1cccc(OC)c1C(F)(F)F. The maximum atomic E-state index is 12.9. The Morgan fingerprint density at radius 2 is 2.00 bits per heavy atom. The maximum Gasteiger partial charge on any atom is 0.420 e. The Balaban J connectivity index is 3.15. The minimum atomic E-state index is -4.57. The van der Waals surface area contributed by atoms with Crippen molar-refractivity contribution in [1.82, 2.24) is 0 Å². The lowest BCUT2D eigenvalue weighted by molar-refractivity contribution is -0.143. The van der Waals surface area contributed by atoms with Gasteiger partial charge in [0.2, 0.25) is 0 Å². The van der Waals surface area contributed by atoms with Crippen LogP contribution in [0.5, 0.6) is 5.75 Å². The van der Waals surface area contributed by atoms with Crippen LogP contribution in [0.25, 0.3) is 0 Å². The molecular formula is C12H13F3O3. The fourth-order valence-corrected chi connectivity index (χ4v) is 1.58. The molecular weight excluding hydrogens is 249 g/mol. The average Bonchev–Trinajstić information content (AvgIpc) is 2.27. The summed E-state index contributed by atoms with van der Waals surface area (Å²) in [5.74, 6) is -0.999. The number of hydrogen-bond acceptors (Lipinski definition) is 3. The first kappa shape index (κ1) is 14.3. The van der Waals surface area contributed by atoms with Gasteiger partial charge in [0.05, 0.1) is 20.1 Å². The number of rotatable bonds is 4. The van der Waals surface area contributed by atoms with E-state index in [2.05, 4.69) is 9.47 Å². The number of ether oxygens (including phenoxy) is 2. The number of carbonyl (C=O) groups excluding carboxylic acids is 1. The van der Waals surface area contributed by atoms with Gasteiger partial charge in [-0.3, -0.25) is 4.79 Å². The first-order valence-corrected chi connectivity index (χ1v) is 5.28. The largest absolute Gasteiger partial charge is 0.496 e. The Morgan fingerprint density at radius 1 is 1.33 bits per heavy atom. The molecule has 0 saturated carbocycles. The zero-order valence-corrected chi connectivity index (χ0v) is 10.0. The van der Waals surface area contributed by atoms with Crippen molar-refractivity contribution in [3.05, 3.63) is 29.3 Å². The van der Waals surface area contributed by atoms with E-state index in [0.29, 0.717) is 0 Å². The molecule has 0 amide bonds. The van der Waals surface area contributed by atoms with E-state index in [4.69, 9.17) is 0 Å². The third-order valence-corrected chi connectivity index (χ3v) is 2.26. The number of benzene rings is 1. The summed E-state index contributed by atoms with van der Waals surface area (Å²) in [5, 5.41) is 0. The molecule has 0 aliphatic rings. The van der Waals surface area contributed by atoms with Crippen molar-refractivity contribution in [2.24, 2.45) is 0 Å². The number of halogens is 3. The molecule has 0 saturated heterocycles. The van der Waals surface area contributed by atoms with Crippen LogP contribution < -0.4 is 4.74 Å². The van der Waals surface area contributed by atoms with Crippen LogP contribution in [0.1, 0.15) is 18.1 Å². The highest BCUT2D eigenvalue weighted by molar-refractivity contribution is 5.73. The molecule has 0 fully saturated rings. The molecule has 0 heterocycles. The Bertz CT molecular complexity index is 427. The van der Waals surface area contributed by atoms with Crippen molar-refractivity contribution in [3.8, 4) is 5.75 Å². The van der Waals surface area contributed by atoms with Gasteiger partial charge in [0.25, 0.3) is 0 Å². The van der Waals surface area contributed by atoms with Gasteiger partial charge in [0, 0.05) is 0 Å². The van der Waals surface area contributed by atoms with Crippen molar-refractivity contribution in [2.45, 2.75) is 19.5 Å². The van der Waals surface area contributed by atoms with E-state index in [-0.39, 0.29) is 17.9 Å². The molecule has 0 radical (unpaired) electrons. The molecule has 0 atom stereocenters. The highest BCUT2D eigenvalue weighted by atomic mass is 19.4. The minimum Gasteiger partial charge on any atom is -0.496 e. The van der Waals surface area contributed by atoms with Crippen molar-refractivity contribution < 1.29 is 27.4 Å². The van der Waals surface area contributed by atoms with E-state index in [9.17, 15) is 18.0 Å². The zero-order valence-electron chi connectivity index (χ0n) is 10.0. The monoisotopic (exact) mass is 262 g/mol. The zero-order chi connectivity index (χ0) is 13.8. The summed E-state index contributed by atoms with van der Waals surface area (Å²) in [4.78, 5) is 11.3. The molecule has 1 aromatic rings. The fraction of sp³-hybridized carbons (Fsp3) is 0.417. The molecule has 6 heteroatoms. The van der Waals surface area contributed by atoms with Crippen LogP contribution >= 0.6 is 0 Å². The summed E-state index contributed by atoms with van der Waals surface area (Å²) >= 11 is 0. The van der Waals surface area contributed by atoms with Crippen LogP contribution in [0.4, 0.5) is 13.2 Å². The number of esters is 1. The number of hydrogen-bond donors (Lipinski definition) is 0. The lowest BCUT2D eigenvalue weighted by Gasteiger charge is -2.15. The lowest BCUT2D eigenvalue weighted by atomic mass is 10.0. The first-order valence-electron chi connectivity index (χ1n) is 5.28. The maximum absolute atomic E-state index is 12.9. The average molecular weight is 262 g/mol. The molecule has 0 aliphatic heterocycles. The molecule has 0 aliphatic carbocycles. The van der Waals surface area contributed by atoms with Crippen molar-refractivity contribution in [1.29, 1.82) is 0 Å². The molecule has 0 unspecified atom stereocenters. The summed E-state index contributed by atoms with van der Waals surface area (Å²) in [5.41, 5.74) is -1.08. The molecule has 100 valence electrons. The van der Waals surface area contributed by atoms with E-state index in [1.807, 2.05) is 0 Å². The van der Waals surface area contributed by atoms with Gasteiger partial charge in [-0.1, -0.05) is 12.1 Å². The molecule has 1 rings (SSSR count). The van der Waals surface area contributed by atoms with Gasteiger partial charge in [0.1, 0.15) is 11.3 Å².